The van der Waals surface area contributed by atoms with Gasteiger partial charge >= 0.3 is 11.6 Å². The Kier molecular flexibility index (Phi) is 6.97. The molecule has 0 spiro atoms. The van der Waals surface area contributed by atoms with Crippen LogP contribution in [0.15, 0.2) is 63.1 Å². The van der Waals surface area contributed by atoms with Gasteiger partial charge in [0.25, 0.3) is 5.91 Å². The lowest BCUT2D eigenvalue weighted by Gasteiger charge is -2.15. The second-order valence-electron chi connectivity index (χ2n) is 7.74. The third-order valence-corrected chi connectivity index (χ3v) is 6.16. The minimum Gasteiger partial charge on any atom is -0.481 e. The molecule has 0 bridgehead atoms. The van der Waals surface area contributed by atoms with Gasteiger partial charge in [0.05, 0.1) is 6.61 Å². The Morgan fingerprint density at radius 2 is 1.89 bits per heavy atom. The average molecular weight is 496 g/mol. The SMILES string of the molecule is CCOC(=O)c1c(-c2ccc(F)cc2)csc1NC(=O)C(C)Oc1ccc2c(C)cc(=O)oc2c1. The molecule has 0 saturated carbocycles. The molecule has 4 aromatic rings. The van der Waals surface area contributed by atoms with Crippen molar-refractivity contribution in [1.82, 2.24) is 0 Å². The van der Waals surface area contributed by atoms with Gasteiger partial charge in [-0.3, -0.25) is 4.79 Å². The fraction of sp³-hybridized carbons (Fsp3) is 0.192. The Balaban J connectivity index is 1.57. The smallest absolute Gasteiger partial charge is 0.341 e. The Morgan fingerprint density at radius 3 is 2.60 bits per heavy atom. The van der Waals surface area contributed by atoms with Crippen molar-refractivity contribution in [2.45, 2.75) is 26.9 Å². The van der Waals surface area contributed by atoms with Gasteiger partial charge in [0.2, 0.25) is 0 Å². The lowest BCUT2D eigenvalue weighted by atomic mass is 10.0. The molecule has 2 aromatic carbocycles. The van der Waals surface area contributed by atoms with Gasteiger partial charge in [0, 0.05) is 28.5 Å². The summed E-state index contributed by atoms with van der Waals surface area (Å²) in [5.41, 5.74) is 1.98. The number of benzene rings is 2. The predicted molar refractivity (Wildman–Crippen MR) is 132 cm³/mol. The van der Waals surface area contributed by atoms with E-state index in [1.54, 1.807) is 56.5 Å². The second-order valence-corrected chi connectivity index (χ2v) is 8.62. The average Bonchev–Trinajstić information content (AvgIpc) is 3.22. The van der Waals surface area contributed by atoms with E-state index in [1.165, 1.54) is 18.2 Å². The number of nitrogens with one attached hydrogen (secondary N) is 1. The van der Waals surface area contributed by atoms with Gasteiger partial charge in [0.1, 0.15) is 27.7 Å². The molecule has 9 heteroatoms. The number of halogens is 1. The molecule has 0 fully saturated rings. The van der Waals surface area contributed by atoms with Crippen molar-refractivity contribution in [1.29, 1.82) is 0 Å². The molecule has 0 aliphatic rings. The van der Waals surface area contributed by atoms with Crippen molar-refractivity contribution in [3.8, 4) is 16.9 Å². The summed E-state index contributed by atoms with van der Waals surface area (Å²) in [7, 11) is 0. The number of rotatable bonds is 7. The summed E-state index contributed by atoms with van der Waals surface area (Å²) < 4.78 is 29.5. The first-order chi connectivity index (χ1) is 16.8. The highest BCUT2D eigenvalue weighted by Gasteiger charge is 2.25. The number of thiophene rings is 1. The maximum Gasteiger partial charge on any atom is 0.341 e. The third kappa shape index (κ3) is 5.25. The molecular weight excluding hydrogens is 473 g/mol. The van der Waals surface area contributed by atoms with Gasteiger partial charge in [-0.25, -0.2) is 14.0 Å². The van der Waals surface area contributed by atoms with Crippen LogP contribution in [-0.4, -0.2) is 24.6 Å². The summed E-state index contributed by atoms with van der Waals surface area (Å²) in [4.78, 5) is 37.3. The van der Waals surface area contributed by atoms with Crippen LogP contribution >= 0.6 is 11.3 Å². The van der Waals surface area contributed by atoms with Crippen LogP contribution in [0.1, 0.15) is 29.8 Å². The maximum absolute atomic E-state index is 13.4. The minimum absolute atomic E-state index is 0.155. The van der Waals surface area contributed by atoms with E-state index in [0.29, 0.717) is 27.5 Å². The number of hydrogen-bond donors (Lipinski definition) is 1. The van der Waals surface area contributed by atoms with Gasteiger partial charge in [-0.15, -0.1) is 11.3 Å². The van der Waals surface area contributed by atoms with E-state index in [-0.39, 0.29) is 12.2 Å². The van der Waals surface area contributed by atoms with E-state index < -0.39 is 29.4 Å². The fourth-order valence-electron chi connectivity index (χ4n) is 3.55. The molecular formula is C26H22FNO6S. The largest absolute Gasteiger partial charge is 0.481 e. The summed E-state index contributed by atoms with van der Waals surface area (Å²) >= 11 is 1.15. The van der Waals surface area contributed by atoms with Crippen molar-refractivity contribution in [2.24, 2.45) is 0 Å². The summed E-state index contributed by atoms with van der Waals surface area (Å²) in [6.45, 7) is 5.20. The number of amides is 1. The highest BCUT2D eigenvalue weighted by molar-refractivity contribution is 7.15. The van der Waals surface area contributed by atoms with Crippen LogP contribution < -0.4 is 15.7 Å². The van der Waals surface area contributed by atoms with E-state index >= 15 is 0 Å². The van der Waals surface area contributed by atoms with Crippen LogP contribution in [-0.2, 0) is 9.53 Å². The molecule has 35 heavy (non-hydrogen) atoms. The predicted octanol–water partition coefficient (Wildman–Crippen LogP) is 5.55. The van der Waals surface area contributed by atoms with Crippen LogP contribution in [0.3, 0.4) is 0 Å². The van der Waals surface area contributed by atoms with Gasteiger partial charge in [-0.1, -0.05) is 12.1 Å². The Morgan fingerprint density at radius 1 is 1.14 bits per heavy atom. The molecule has 0 aliphatic heterocycles. The lowest BCUT2D eigenvalue weighted by Crippen LogP contribution is -2.30. The monoisotopic (exact) mass is 495 g/mol. The zero-order valence-electron chi connectivity index (χ0n) is 19.2. The molecule has 4 rings (SSSR count). The zero-order valence-corrected chi connectivity index (χ0v) is 20.0. The first kappa shape index (κ1) is 24.2. The number of carbonyl (C=O) groups excluding carboxylic acids is 2. The number of aryl methyl sites for hydroxylation is 1. The molecule has 0 radical (unpaired) electrons. The standard InChI is InChI=1S/C26H22FNO6S/c1-4-32-26(31)23-20(16-5-7-17(27)8-6-16)13-35-25(23)28-24(30)15(3)33-18-9-10-19-14(2)11-22(29)34-21(19)12-18/h5-13,15H,4H2,1-3H3,(H,28,30). The van der Waals surface area contributed by atoms with Crippen LogP contribution in [0.25, 0.3) is 22.1 Å². The van der Waals surface area contributed by atoms with Crippen LogP contribution in [0.2, 0.25) is 0 Å². The van der Waals surface area contributed by atoms with Crippen LogP contribution in [0, 0.1) is 12.7 Å². The molecule has 1 amide bonds. The quantitative estimate of drug-likeness (QED) is 0.267. The summed E-state index contributed by atoms with van der Waals surface area (Å²) in [5, 5.41) is 5.49. The third-order valence-electron chi connectivity index (χ3n) is 5.27. The topological polar surface area (TPSA) is 94.8 Å². The van der Waals surface area contributed by atoms with Gasteiger partial charge < -0.3 is 19.2 Å². The molecule has 2 heterocycles. The molecule has 1 unspecified atom stereocenters. The van der Waals surface area contributed by atoms with Crippen LogP contribution in [0.4, 0.5) is 9.39 Å². The summed E-state index contributed by atoms with van der Waals surface area (Å²) in [5.74, 6) is -1.15. The highest BCUT2D eigenvalue weighted by atomic mass is 32.1. The van der Waals surface area contributed by atoms with Crippen molar-refractivity contribution >= 4 is 39.2 Å². The van der Waals surface area contributed by atoms with Gasteiger partial charge in [-0.2, -0.15) is 0 Å². The fourth-order valence-corrected chi connectivity index (χ4v) is 4.51. The van der Waals surface area contributed by atoms with Crippen molar-refractivity contribution < 1.29 is 27.9 Å². The van der Waals surface area contributed by atoms with E-state index in [2.05, 4.69) is 5.32 Å². The van der Waals surface area contributed by atoms with Crippen molar-refractivity contribution in [3.63, 3.8) is 0 Å². The molecule has 7 nitrogen and oxygen atoms in total. The first-order valence-corrected chi connectivity index (χ1v) is 11.7. The molecule has 2 aromatic heterocycles. The van der Waals surface area contributed by atoms with Crippen molar-refractivity contribution in [3.05, 3.63) is 81.3 Å². The second kappa shape index (κ2) is 10.1. The number of esters is 1. The summed E-state index contributed by atoms with van der Waals surface area (Å²) in [6, 6.07) is 12.1. The minimum atomic E-state index is -0.935. The van der Waals surface area contributed by atoms with Crippen molar-refractivity contribution in [2.75, 3.05) is 11.9 Å². The van der Waals surface area contributed by atoms with E-state index in [1.807, 2.05) is 0 Å². The van der Waals surface area contributed by atoms with E-state index in [4.69, 9.17) is 13.9 Å². The number of hydrogen-bond acceptors (Lipinski definition) is 7. The Labute approximate surface area is 204 Å². The molecule has 1 N–H and O–H groups in total. The normalized spacial score (nSPS) is 11.8. The highest BCUT2D eigenvalue weighted by Crippen LogP contribution is 2.36. The van der Waals surface area contributed by atoms with Gasteiger partial charge in [0.15, 0.2) is 6.10 Å². The van der Waals surface area contributed by atoms with E-state index in [9.17, 15) is 18.8 Å². The number of carbonyl (C=O) groups is 2. The molecule has 0 aliphatic carbocycles. The molecule has 1 atom stereocenters. The first-order valence-electron chi connectivity index (χ1n) is 10.8. The number of anilines is 1. The zero-order chi connectivity index (χ0) is 25.1. The molecule has 0 saturated heterocycles. The number of ether oxygens (including phenoxy) is 2. The van der Waals surface area contributed by atoms with Crippen LogP contribution in [0.5, 0.6) is 5.75 Å². The number of fused-ring (bicyclic) bond motifs is 1. The lowest BCUT2D eigenvalue weighted by molar-refractivity contribution is -0.122. The molecule has 180 valence electrons. The maximum atomic E-state index is 13.4. The van der Waals surface area contributed by atoms with E-state index in [0.717, 1.165) is 22.3 Å². The Hall–Kier alpha value is -3.98. The van der Waals surface area contributed by atoms with Gasteiger partial charge in [-0.05, 0) is 56.2 Å². The summed E-state index contributed by atoms with van der Waals surface area (Å²) in [6.07, 6.45) is -0.935. The Bertz CT molecular complexity index is 1460.